The van der Waals surface area contributed by atoms with Crippen molar-refractivity contribution in [3.8, 4) is 5.75 Å². The maximum atomic E-state index is 14.2. The molecular formula is C31H34ClN5O13S4. The zero-order chi connectivity index (χ0) is 40.1. The van der Waals surface area contributed by atoms with Gasteiger partial charge in [0.1, 0.15) is 21.2 Å². The van der Waals surface area contributed by atoms with Crippen LogP contribution in [0.1, 0.15) is 13.8 Å². The number of halogens is 1. The van der Waals surface area contributed by atoms with Crippen molar-refractivity contribution >= 4 is 83.1 Å². The lowest BCUT2D eigenvalue weighted by Crippen LogP contribution is -2.36. The van der Waals surface area contributed by atoms with Gasteiger partial charge in [-0.2, -0.15) is 4.31 Å². The first kappa shape index (κ1) is 42.5. The monoisotopic (exact) mass is 847 g/mol. The Morgan fingerprint density at radius 2 is 1.41 bits per heavy atom. The fourth-order valence-electron chi connectivity index (χ4n) is 5.00. The second-order valence-corrected chi connectivity index (χ2v) is 19.3. The van der Waals surface area contributed by atoms with E-state index in [0.717, 1.165) is 59.1 Å². The molecule has 292 valence electrons. The topological polar surface area (TPSA) is 258 Å². The number of hydrogen-bond donors (Lipinski definition) is 2. The van der Waals surface area contributed by atoms with Gasteiger partial charge in [-0.15, -0.1) is 10.2 Å². The first-order chi connectivity index (χ1) is 25.2. The number of non-ortho nitro benzene ring substituents is 1. The number of nitrogens with one attached hydrogen (secondary N) is 1. The van der Waals surface area contributed by atoms with Crippen molar-refractivity contribution in [2.45, 2.75) is 33.4 Å². The summed E-state index contributed by atoms with van der Waals surface area (Å²) in [7, 11) is -12.3. The molecule has 4 aromatic carbocycles. The Morgan fingerprint density at radius 1 is 0.815 bits per heavy atom. The van der Waals surface area contributed by atoms with Crippen LogP contribution in [0.25, 0.3) is 10.8 Å². The number of fused-ring (bicyclic) bond motifs is 1. The molecule has 54 heavy (non-hydrogen) atoms. The smallest absolute Gasteiger partial charge is 0.270 e. The number of nitro groups is 1. The minimum absolute atomic E-state index is 0.0185. The number of benzene rings is 4. The summed E-state index contributed by atoms with van der Waals surface area (Å²) in [6.45, 7) is 3.65. The molecule has 0 fully saturated rings. The van der Waals surface area contributed by atoms with E-state index in [1.807, 2.05) is 0 Å². The zero-order valence-corrected chi connectivity index (χ0v) is 32.8. The third-order valence-corrected chi connectivity index (χ3v) is 13.3. The number of aromatic hydroxyl groups is 1. The third-order valence-electron chi connectivity index (χ3n) is 7.53. The average molecular weight is 848 g/mol. The molecule has 0 bridgehead atoms. The molecule has 18 nitrogen and oxygen atoms in total. The maximum Gasteiger partial charge on any atom is 0.270 e. The summed E-state index contributed by atoms with van der Waals surface area (Å²) in [6, 6.07) is 11.5. The second kappa shape index (κ2) is 17.0. The van der Waals surface area contributed by atoms with Crippen LogP contribution in [-0.2, 0) is 48.4 Å². The summed E-state index contributed by atoms with van der Waals surface area (Å²) < 4.78 is 119. The van der Waals surface area contributed by atoms with E-state index >= 15 is 0 Å². The summed E-state index contributed by atoms with van der Waals surface area (Å²) in [5, 5.41) is 30.5. The molecule has 0 saturated heterocycles. The number of sulfonamides is 2. The number of anilines is 1. The van der Waals surface area contributed by atoms with Gasteiger partial charge in [-0.3, -0.25) is 14.8 Å². The van der Waals surface area contributed by atoms with E-state index in [9.17, 15) is 48.9 Å². The van der Waals surface area contributed by atoms with E-state index in [1.165, 1.54) is 18.2 Å². The van der Waals surface area contributed by atoms with Crippen LogP contribution in [0.3, 0.4) is 0 Å². The molecule has 4 aromatic rings. The Bertz CT molecular complexity index is 2540. The van der Waals surface area contributed by atoms with E-state index < -0.39 is 80.6 Å². The van der Waals surface area contributed by atoms with Crippen LogP contribution in [0.15, 0.2) is 96.5 Å². The second-order valence-electron chi connectivity index (χ2n) is 11.2. The first-order valence-corrected chi connectivity index (χ1v) is 22.8. The highest BCUT2D eigenvalue weighted by Gasteiger charge is 2.31. The largest absolute Gasteiger partial charge is 0.506 e. The molecule has 0 unspecified atom stereocenters. The summed E-state index contributed by atoms with van der Waals surface area (Å²) in [5.41, 5.74) is -1.65. The van der Waals surface area contributed by atoms with Gasteiger partial charge < -0.3 is 14.6 Å². The summed E-state index contributed by atoms with van der Waals surface area (Å²) >= 11 is 0. The molecule has 0 atom stereocenters. The number of sulfone groups is 1. The summed E-state index contributed by atoms with van der Waals surface area (Å²) in [4.78, 5) is 8.23. The predicted molar refractivity (Wildman–Crippen MR) is 198 cm³/mol. The van der Waals surface area contributed by atoms with E-state index in [0.29, 0.717) is 0 Å². The van der Waals surface area contributed by atoms with Gasteiger partial charge >= 0.3 is 0 Å². The van der Waals surface area contributed by atoms with E-state index in [4.69, 9.17) is 20.2 Å². The average Bonchev–Trinajstić information content (AvgIpc) is 3.10. The summed E-state index contributed by atoms with van der Waals surface area (Å²) in [5.74, 6) is -0.815. The fourth-order valence-corrected chi connectivity index (χ4v) is 9.33. The molecule has 0 aliphatic rings. The maximum absolute atomic E-state index is 14.2. The van der Waals surface area contributed by atoms with Crippen molar-refractivity contribution in [1.82, 2.24) is 4.31 Å². The molecule has 0 spiro atoms. The quantitative estimate of drug-likeness (QED) is 0.0437. The Morgan fingerprint density at radius 3 is 1.98 bits per heavy atom. The molecule has 0 aliphatic heterocycles. The number of phenolic OH excluding ortho intramolecular Hbond substituents is 1. The number of phenols is 1. The fraction of sp³-hybridized carbons (Fsp3) is 0.290. The van der Waals surface area contributed by atoms with Crippen LogP contribution in [0.4, 0.5) is 22.7 Å². The van der Waals surface area contributed by atoms with Crippen LogP contribution in [0.5, 0.6) is 5.75 Å². The Hall–Kier alpha value is -4.29. The molecule has 0 heterocycles. The molecule has 4 rings (SSSR count). The van der Waals surface area contributed by atoms with Gasteiger partial charge in [0.15, 0.2) is 9.84 Å². The van der Waals surface area contributed by atoms with Crippen molar-refractivity contribution in [2.75, 3.05) is 50.5 Å². The molecular weight excluding hydrogens is 814 g/mol. The number of ether oxygens (including phenoxy) is 2. The Kier molecular flexibility index (Phi) is 13.4. The van der Waals surface area contributed by atoms with Gasteiger partial charge in [0.25, 0.3) is 24.8 Å². The van der Waals surface area contributed by atoms with Crippen molar-refractivity contribution in [3.63, 3.8) is 0 Å². The molecule has 0 aromatic heterocycles. The van der Waals surface area contributed by atoms with Crippen molar-refractivity contribution in [2.24, 2.45) is 10.2 Å². The predicted octanol–water partition coefficient (Wildman–Crippen LogP) is 5.06. The number of rotatable bonds is 18. The van der Waals surface area contributed by atoms with Crippen LogP contribution in [0.2, 0.25) is 0 Å². The van der Waals surface area contributed by atoms with Crippen molar-refractivity contribution < 1.29 is 53.2 Å². The van der Waals surface area contributed by atoms with Gasteiger partial charge in [-0.1, -0.05) is 18.2 Å². The number of hydrogen-bond acceptors (Lipinski definition) is 15. The zero-order valence-electron chi connectivity index (χ0n) is 28.7. The van der Waals surface area contributed by atoms with E-state index in [2.05, 4.69) is 15.0 Å². The minimum atomic E-state index is -4.63. The SMILES string of the molecule is CCOCCN(CCOCC)S(=O)(=O)c1cc(N=Nc2ccc([N+](=O)[O-])cc2S(C)(=O)=O)c2c(NS(=O)(=O)c3cccc(S(=O)(=O)Cl)c3)cccc2c1O. The van der Waals surface area contributed by atoms with Crippen LogP contribution < -0.4 is 4.72 Å². The van der Waals surface area contributed by atoms with Crippen LogP contribution >= 0.6 is 10.7 Å². The molecule has 23 heteroatoms. The lowest BCUT2D eigenvalue weighted by Gasteiger charge is -2.23. The van der Waals surface area contributed by atoms with E-state index in [-0.39, 0.29) is 61.7 Å². The van der Waals surface area contributed by atoms with E-state index in [1.54, 1.807) is 13.8 Å². The Balaban J connectivity index is 2.01. The van der Waals surface area contributed by atoms with Gasteiger partial charge in [-0.05, 0) is 50.2 Å². The van der Waals surface area contributed by atoms with Crippen molar-refractivity contribution in [3.05, 3.63) is 76.8 Å². The number of nitrogens with zero attached hydrogens (tertiary/aromatic N) is 4. The van der Waals surface area contributed by atoms with Gasteiger partial charge in [0, 0.05) is 66.1 Å². The summed E-state index contributed by atoms with van der Waals surface area (Å²) in [6.07, 6.45) is 0.780. The number of azo groups is 1. The number of nitro benzene ring substituents is 1. The molecule has 0 saturated carbocycles. The molecule has 0 radical (unpaired) electrons. The van der Waals surface area contributed by atoms with Crippen LogP contribution in [-0.4, -0.2) is 93.8 Å². The van der Waals surface area contributed by atoms with Crippen molar-refractivity contribution in [1.29, 1.82) is 0 Å². The minimum Gasteiger partial charge on any atom is -0.506 e. The van der Waals surface area contributed by atoms with Gasteiger partial charge in [-0.25, -0.2) is 33.7 Å². The van der Waals surface area contributed by atoms with Gasteiger partial charge in [0.2, 0.25) is 10.0 Å². The Labute approximate surface area is 316 Å². The highest BCUT2D eigenvalue weighted by atomic mass is 35.7. The lowest BCUT2D eigenvalue weighted by molar-refractivity contribution is -0.385. The normalized spacial score (nSPS) is 12.8. The first-order valence-electron chi connectivity index (χ1n) is 15.6. The molecule has 0 amide bonds. The van der Waals surface area contributed by atoms with Gasteiger partial charge in [0.05, 0.1) is 39.3 Å². The highest BCUT2D eigenvalue weighted by Crippen LogP contribution is 2.44. The molecule has 2 N–H and O–H groups in total. The standard InChI is InChI=1S/C31H34ClN5O13S4/c1-4-49-16-14-36(15-17-50-5-2)54(47,48)29-20-27(34-33-25-13-12-21(37(39)40)18-28(25)51(3,41)42)30-24(31(29)38)10-7-11-26(30)35-53(45,46)23-9-6-8-22(19-23)52(32,43)44/h6-13,18-20,35,38H,4-5,14-17H2,1-3H3. The third kappa shape index (κ3) is 9.87. The lowest BCUT2D eigenvalue weighted by atomic mass is 10.1. The van der Waals surface area contributed by atoms with Crippen LogP contribution in [0, 0.1) is 10.1 Å². The molecule has 0 aliphatic carbocycles. The highest BCUT2D eigenvalue weighted by molar-refractivity contribution is 8.13.